The molecule has 0 saturated heterocycles. The number of aromatic nitrogens is 2. The first-order valence-electron chi connectivity index (χ1n) is 9.37. The fraction of sp³-hybridized carbons (Fsp3) is 0.0870. The highest BCUT2D eigenvalue weighted by Gasteiger charge is 2.10. The van der Waals surface area contributed by atoms with Crippen molar-refractivity contribution in [2.45, 2.75) is 13.3 Å². The van der Waals surface area contributed by atoms with E-state index in [9.17, 15) is 4.79 Å². The Bertz CT molecular complexity index is 1140. The van der Waals surface area contributed by atoms with Crippen LogP contribution in [0.25, 0.3) is 11.5 Å². The zero-order valence-electron chi connectivity index (χ0n) is 16.2. The molecule has 0 aliphatic carbocycles. The summed E-state index contributed by atoms with van der Waals surface area (Å²) in [6.07, 6.45) is 0.581. The number of carbonyl (C=O) groups excluding carboxylic acids is 1. The van der Waals surface area contributed by atoms with Crippen LogP contribution in [-0.2, 0) is 6.42 Å². The molecule has 4 aromatic rings. The van der Waals surface area contributed by atoms with Crippen LogP contribution >= 0.6 is 11.6 Å². The van der Waals surface area contributed by atoms with Crippen LogP contribution in [-0.4, -0.2) is 16.2 Å². The number of anilines is 2. The summed E-state index contributed by atoms with van der Waals surface area (Å²) in [6, 6.07) is 22.0. The third-order valence-electron chi connectivity index (χ3n) is 4.43. The Morgan fingerprint density at radius 3 is 2.10 bits per heavy atom. The van der Waals surface area contributed by atoms with E-state index in [1.54, 1.807) is 36.4 Å². The molecule has 0 aliphatic heterocycles. The average molecular weight is 419 g/mol. The van der Waals surface area contributed by atoms with Gasteiger partial charge in [-0.2, -0.15) is 0 Å². The SMILES string of the molecule is Cc1ccc(Cc2nnc(-c3ccc(NC(=O)Nc4ccc(Cl)cc4)cc3)o2)cc1. The molecule has 0 saturated carbocycles. The molecule has 0 atom stereocenters. The van der Waals surface area contributed by atoms with E-state index in [4.69, 9.17) is 16.0 Å². The Balaban J connectivity index is 1.37. The number of carbonyl (C=O) groups is 1. The van der Waals surface area contributed by atoms with Crippen LogP contribution in [0.15, 0.2) is 77.2 Å². The van der Waals surface area contributed by atoms with Gasteiger partial charge in [-0.3, -0.25) is 0 Å². The molecule has 150 valence electrons. The van der Waals surface area contributed by atoms with Gasteiger partial charge in [0.15, 0.2) is 0 Å². The summed E-state index contributed by atoms with van der Waals surface area (Å²) in [5.41, 5.74) is 4.40. The molecule has 0 unspecified atom stereocenters. The molecule has 3 aromatic carbocycles. The van der Waals surface area contributed by atoms with E-state index in [0.717, 1.165) is 11.1 Å². The molecule has 1 heterocycles. The van der Waals surface area contributed by atoms with Gasteiger partial charge < -0.3 is 15.1 Å². The molecule has 1 aromatic heterocycles. The molecular weight excluding hydrogens is 400 g/mol. The molecule has 6 nitrogen and oxygen atoms in total. The summed E-state index contributed by atoms with van der Waals surface area (Å²) in [4.78, 5) is 12.1. The smallest absolute Gasteiger partial charge is 0.323 e. The van der Waals surface area contributed by atoms with Crippen LogP contribution < -0.4 is 10.6 Å². The number of halogens is 1. The van der Waals surface area contributed by atoms with Gasteiger partial charge in [0.1, 0.15) is 0 Å². The molecule has 0 radical (unpaired) electrons. The molecule has 0 fully saturated rings. The lowest BCUT2D eigenvalue weighted by atomic mass is 10.1. The van der Waals surface area contributed by atoms with Gasteiger partial charge in [0.2, 0.25) is 11.8 Å². The van der Waals surface area contributed by atoms with Crippen molar-refractivity contribution in [2.75, 3.05) is 10.6 Å². The largest absolute Gasteiger partial charge is 0.420 e. The summed E-state index contributed by atoms with van der Waals surface area (Å²) >= 11 is 5.85. The highest BCUT2D eigenvalue weighted by Crippen LogP contribution is 2.22. The van der Waals surface area contributed by atoms with Gasteiger partial charge in [-0.1, -0.05) is 41.4 Å². The number of nitrogens with zero attached hydrogens (tertiary/aromatic N) is 2. The van der Waals surface area contributed by atoms with E-state index >= 15 is 0 Å². The fourth-order valence-electron chi connectivity index (χ4n) is 2.85. The van der Waals surface area contributed by atoms with Crippen molar-refractivity contribution in [3.63, 3.8) is 0 Å². The maximum Gasteiger partial charge on any atom is 0.323 e. The summed E-state index contributed by atoms with van der Waals surface area (Å²) in [5.74, 6) is 0.993. The van der Waals surface area contributed by atoms with Crippen molar-refractivity contribution in [1.29, 1.82) is 0 Å². The summed E-state index contributed by atoms with van der Waals surface area (Å²) in [7, 11) is 0. The lowest BCUT2D eigenvalue weighted by molar-refractivity contribution is 0.262. The number of amides is 2. The van der Waals surface area contributed by atoms with E-state index in [2.05, 4.69) is 52.0 Å². The number of benzene rings is 3. The van der Waals surface area contributed by atoms with E-state index in [0.29, 0.717) is 34.6 Å². The van der Waals surface area contributed by atoms with Crippen molar-refractivity contribution >= 4 is 29.0 Å². The van der Waals surface area contributed by atoms with Gasteiger partial charge in [0.25, 0.3) is 0 Å². The summed E-state index contributed by atoms with van der Waals surface area (Å²) in [6.45, 7) is 2.05. The predicted molar refractivity (Wildman–Crippen MR) is 118 cm³/mol. The second-order valence-corrected chi connectivity index (χ2v) is 7.26. The standard InChI is InChI=1S/C23H19ClN4O2/c1-15-2-4-16(5-3-15)14-21-27-28-22(30-21)17-6-10-19(11-7-17)25-23(29)26-20-12-8-18(24)9-13-20/h2-13H,14H2,1H3,(H2,25,26,29). The van der Waals surface area contributed by atoms with Gasteiger partial charge in [0, 0.05) is 22.0 Å². The quantitative estimate of drug-likeness (QED) is 0.420. The zero-order valence-corrected chi connectivity index (χ0v) is 17.0. The van der Waals surface area contributed by atoms with Gasteiger partial charge in [-0.15, -0.1) is 10.2 Å². The van der Waals surface area contributed by atoms with Crippen LogP contribution in [0.4, 0.5) is 16.2 Å². The second-order valence-electron chi connectivity index (χ2n) is 6.83. The maximum absolute atomic E-state index is 12.1. The number of nitrogens with one attached hydrogen (secondary N) is 2. The Hall–Kier alpha value is -3.64. The van der Waals surface area contributed by atoms with Crippen LogP contribution in [0.3, 0.4) is 0 Å². The lowest BCUT2D eigenvalue weighted by Gasteiger charge is -2.08. The molecule has 30 heavy (non-hydrogen) atoms. The number of hydrogen-bond donors (Lipinski definition) is 2. The molecular formula is C23H19ClN4O2. The second kappa shape index (κ2) is 8.80. The minimum atomic E-state index is -0.344. The monoisotopic (exact) mass is 418 g/mol. The Morgan fingerprint density at radius 1 is 0.867 bits per heavy atom. The van der Waals surface area contributed by atoms with E-state index in [1.165, 1.54) is 5.56 Å². The normalized spacial score (nSPS) is 10.6. The van der Waals surface area contributed by atoms with Gasteiger partial charge in [-0.25, -0.2) is 4.79 Å². The third kappa shape index (κ3) is 5.04. The number of aryl methyl sites for hydroxylation is 1. The molecule has 2 N–H and O–H groups in total. The molecule has 0 bridgehead atoms. The molecule has 4 rings (SSSR count). The number of hydrogen-bond acceptors (Lipinski definition) is 4. The lowest BCUT2D eigenvalue weighted by Crippen LogP contribution is -2.19. The Kier molecular flexibility index (Phi) is 5.77. The summed E-state index contributed by atoms with van der Waals surface area (Å²) < 4.78 is 5.78. The van der Waals surface area contributed by atoms with Crippen molar-refractivity contribution in [1.82, 2.24) is 10.2 Å². The fourth-order valence-corrected chi connectivity index (χ4v) is 2.97. The number of rotatable bonds is 5. The first kappa shape index (κ1) is 19.7. The maximum atomic E-state index is 12.1. The van der Waals surface area contributed by atoms with Gasteiger partial charge in [-0.05, 0) is 61.0 Å². The van der Waals surface area contributed by atoms with Crippen molar-refractivity contribution in [3.05, 3.63) is 94.8 Å². The topological polar surface area (TPSA) is 80.0 Å². The van der Waals surface area contributed by atoms with E-state index < -0.39 is 0 Å². The predicted octanol–water partition coefficient (Wildman–Crippen LogP) is 5.93. The first-order valence-corrected chi connectivity index (χ1v) is 9.75. The minimum Gasteiger partial charge on any atom is -0.420 e. The zero-order chi connectivity index (χ0) is 20.9. The van der Waals surface area contributed by atoms with Gasteiger partial charge >= 0.3 is 6.03 Å². The third-order valence-corrected chi connectivity index (χ3v) is 4.69. The minimum absolute atomic E-state index is 0.344. The highest BCUT2D eigenvalue weighted by atomic mass is 35.5. The van der Waals surface area contributed by atoms with Gasteiger partial charge in [0.05, 0.1) is 6.42 Å². The average Bonchev–Trinajstić information content (AvgIpc) is 3.20. The van der Waals surface area contributed by atoms with Crippen LogP contribution in [0, 0.1) is 6.92 Å². The molecule has 0 spiro atoms. The van der Waals surface area contributed by atoms with Crippen molar-refractivity contribution in [3.8, 4) is 11.5 Å². The Labute approximate surface area is 178 Å². The van der Waals surface area contributed by atoms with Crippen LogP contribution in [0.5, 0.6) is 0 Å². The van der Waals surface area contributed by atoms with Crippen LogP contribution in [0.1, 0.15) is 17.0 Å². The van der Waals surface area contributed by atoms with Crippen molar-refractivity contribution < 1.29 is 9.21 Å². The number of urea groups is 1. The highest BCUT2D eigenvalue weighted by molar-refractivity contribution is 6.30. The first-order chi connectivity index (χ1) is 14.5. The molecule has 7 heteroatoms. The Morgan fingerprint density at radius 2 is 1.47 bits per heavy atom. The van der Waals surface area contributed by atoms with Crippen LogP contribution in [0.2, 0.25) is 5.02 Å². The summed E-state index contributed by atoms with van der Waals surface area (Å²) in [5, 5.41) is 14.4. The molecule has 2 amide bonds. The molecule has 0 aliphatic rings. The van der Waals surface area contributed by atoms with Crippen molar-refractivity contribution in [2.24, 2.45) is 0 Å². The van der Waals surface area contributed by atoms with E-state index in [1.807, 2.05) is 12.1 Å². The van der Waals surface area contributed by atoms with E-state index in [-0.39, 0.29) is 6.03 Å².